The first kappa shape index (κ1) is 10.9. The van der Waals surface area contributed by atoms with Crippen molar-refractivity contribution in [3.63, 3.8) is 0 Å². The first-order valence-corrected chi connectivity index (χ1v) is 5.54. The number of nitrogens with one attached hydrogen (secondary N) is 1. The zero-order valence-electron chi connectivity index (χ0n) is 8.77. The van der Waals surface area contributed by atoms with Gasteiger partial charge in [0.05, 0.1) is 0 Å². The number of nitrogens with zero attached hydrogens (tertiary/aromatic N) is 1. The number of thiocarbonyl (C=S) groups is 1. The van der Waals surface area contributed by atoms with Gasteiger partial charge in [0.1, 0.15) is 0 Å². The summed E-state index contributed by atoms with van der Waals surface area (Å²) in [6.07, 6.45) is 1.55. The van der Waals surface area contributed by atoms with Gasteiger partial charge in [-0.15, -0.1) is 0 Å². The second kappa shape index (κ2) is 4.49. The number of amides is 1. The quantitative estimate of drug-likeness (QED) is 0.762. The van der Waals surface area contributed by atoms with Crippen LogP contribution in [-0.4, -0.2) is 17.6 Å². The standard InChI is InChI=1S/C11H13N3OS/c12-11(16)13-8-3-1-4-9(7-8)14-6-2-5-10(14)15/h1,3-4,7H,2,5-6H2,(H3,12,13,16). The molecule has 1 aliphatic heterocycles. The number of carbonyl (C=O) groups excluding carboxylic acids is 1. The van der Waals surface area contributed by atoms with Crippen molar-refractivity contribution in [3.05, 3.63) is 24.3 Å². The Kier molecular flexibility index (Phi) is 3.05. The maximum Gasteiger partial charge on any atom is 0.227 e. The molecule has 1 amide bonds. The molecule has 0 bridgehead atoms. The van der Waals surface area contributed by atoms with Gasteiger partial charge in [0, 0.05) is 24.3 Å². The van der Waals surface area contributed by atoms with Crippen LogP contribution in [0.15, 0.2) is 24.3 Å². The highest BCUT2D eigenvalue weighted by atomic mass is 32.1. The first-order valence-electron chi connectivity index (χ1n) is 5.14. The van der Waals surface area contributed by atoms with E-state index >= 15 is 0 Å². The van der Waals surface area contributed by atoms with Crippen LogP contribution in [-0.2, 0) is 4.79 Å². The molecule has 1 aliphatic rings. The van der Waals surface area contributed by atoms with Crippen LogP contribution in [0.1, 0.15) is 12.8 Å². The van der Waals surface area contributed by atoms with E-state index in [1.807, 2.05) is 24.3 Å². The molecule has 1 aromatic rings. The third-order valence-electron chi connectivity index (χ3n) is 2.50. The molecule has 1 aromatic carbocycles. The van der Waals surface area contributed by atoms with Crippen LogP contribution in [0, 0.1) is 0 Å². The second-order valence-electron chi connectivity index (χ2n) is 3.69. The van der Waals surface area contributed by atoms with E-state index < -0.39 is 0 Å². The minimum absolute atomic E-state index is 0.174. The highest BCUT2D eigenvalue weighted by Crippen LogP contribution is 2.23. The summed E-state index contributed by atoms with van der Waals surface area (Å²) in [6, 6.07) is 7.53. The smallest absolute Gasteiger partial charge is 0.227 e. The van der Waals surface area contributed by atoms with E-state index in [-0.39, 0.29) is 11.0 Å². The zero-order chi connectivity index (χ0) is 11.5. The van der Waals surface area contributed by atoms with Gasteiger partial charge < -0.3 is 16.0 Å². The predicted octanol–water partition coefficient (Wildman–Crippen LogP) is 1.47. The van der Waals surface area contributed by atoms with Gasteiger partial charge in [0.2, 0.25) is 5.91 Å². The molecule has 84 valence electrons. The molecule has 1 fully saturated rings. The minimum atomic E-state index is 0.174. The fourth-order valence-corrected chi connectivity index (χ4v) is 1.93. The summed E-state index contributed by atoms with van der Waals surface area (Å²) in [5, 5.41) is 3.08. The predicted molar refractivity (Wildman–Crippen MR) is 68.4 cm³/mol. The molecule has 4 nitrogen and oxygen atoms in total. The summed E-state index contributed by atoms with van der Waals surface area (Å²) >= 11 is 4.76. The van der Waals surface area contributed by atoms with Gasteiger partial charge in [-0.3, -0.25) is 4.79 Å². The minimum Gasteiger partial charge on any atom is -0.376 e. The topological polar surface area (TPSA) is 58.4 Å². The molecule has 0 radical (unpaired) electrons. The molecule has 0 saturated carbocycles. The van der Waals surface area contributed by atoms with Gasteiger partial charge in [-0.05, 0) is 36.8 Å². The van der Waals surface area contributed by atoms with Gasteiger partial charge in [-0.2, -0.15) is 0 Å². The zero-order valence-corrected chi connectivity index (χ0v) is 9.59. The SMILES string of the molecule is NC(=S)Nc1cccc(N2CCCC2=O)c1. The first-order chi connectivity index (χ1) is 7.66. The maximum atomic E-state index is 11.6. The number of rotatable bonds is 2. The summed E-state index contributed by atoms with van der Waals surface area (Å²) in [6.45, 7) is 0.787. The summed E-state index contributed by atoms with van der Waals surface area (Å²) in [4.78, 5) is 13.3. The van der Waals surface area contributed by atoms with E-state index in [1.165, 1.54) is 0 Å². The van der Waals surface area contributed by atoms with E-state index in [0.29, 0.717) is 6.42 Å². The van der Waals surface area contributed by atoms with Crippen molar-refractivity contribution in [1.82, 2.24) is 0 Å². The fraction of sp³-hybridized carbons (Fsp3) is 0.273. The molecule has 0 aromatic heterocycles. The molecule has 5 heteroatoms. The molecular formula is C11H13N3OS. The second-order valence-corrected chi connectivity index (χ2v) is 4.13. The van der Waals surface area contributed by atoms with Crippen LogP contribution in [0.2, 0.25) is 0 Å². The molecule has 0 unspecified atom stereocenters. The molecule has 1 saturated heterocycles. The van der Waals surface area contributed by atoms with Crippen LogP contribution >= 0.6 is 12.2 Å². The van der Waals surface area contributed by atoms with Crippen molar-refractivity contribution in [2.45, 2.75) is 12.8 Å². The summed E-state index contributed by atoms with van der Waals surface area (Å²) in [7, 11) is 0. The average molecular weight is 235 g/mol. The van der Waals surface area contributed by atoms with Crippen molar-refractivity contribution >= 4 is 34.6 Å². The van der Waals surface area contributed by atoms with Gasteiger partial charge in [0.25, 0.3) is 0 Å². The summed E-state index contributed by atoms with van der Waals surface area (Å²) in [5.74, 6) is 0.174. The van der Waals surface area contributed by atoms with E-state index in [9.17, 15) is 4.79 Å². The molecule has 2 rings (SSSR count). The molecule has 16 heavy (non-hydrogen) atoms. The van der Waals surface area contributed by atoms with Crippen molar-refractivity contribution < 1.29 is 4.79 Å². The molecule has 0 atom stereocenters. The lowest BCUT2D eigenvalue weighted by Gasteiger charge is -2.16. The molecular weight excluding hydrogens is 222 g/mol. The van der Waals surface area contributed by atoms with Crippen molar-refractivity contribution in [1.29, 1.82) is 0 Å². The monoisotopic (exact) mass is 235 g/mol. The largest absolute Gasteiger partial charge is 0.376 e. The van der Waals surface area contributed by atoms with Crippen LogP contribution in [0.25, 0.3) is 0 Å². The Morgan fingerprint density at radius 1 is 1.50 bits per heavy atom. The number of nitrogens with two attached hydrogens (primary N) is 1. The Hall–Kier alpha value is -1.62. The number of carbonyl (C=O) groups is 1. The lowest BCUT2D eigenvalue weighted by molar-refractivity contribution is -0.117. The fourth-order valence-electron chi connectivity index (χ4n) is 1.81. The van der Waals surface area contributed by atoms with Crippen molar-refractivity contribution in [2.75, 3.05) is 16.8 Å². The lowest BCUT2D eigenvalue weighted by atomic mass is 10.2. The number of hydrogen-bond acceptors (Lipinski definition) is 2. The molecule has 0 spiro atoms. The van der Waals surface area contributed by atoms with Crippen LogP contribution in [0.3, 0.4) is 0 Å². The van der Waals surface area contributed by atoms with Crippen LogP contribution in [0.4, 0.5) is 11.4 Å². The molecule has 1 heterocycles. The maximum absolute atomic E-state index is 11.6. The van der Waals surface area contributed by atoms with Crippen molar-refractivity contribution in [3.8, 4) is 0 Å². The van der Waals surface area contributed by atoms with Crippen molar-refractivity contribution in [2.24, 2.45) is 5.73 Å². The molecule has 0 aliphatic carbocycles. The number of anilines is 2. The number of hydrogen-bond donors (Lipinski definition) is 2. The van der Waals surface area contributed by atoms with Gasteiger partial charge >= 0.3 is 0 Å². The Morgan fingerprint density at radius 3 is 2.94 bits per heavy atom. The third-order valence-corrected chi connectivity index (χ3v) is 2.60. The van der Waals surface area contributed by atoms with Gasteiger partial charge in [-0.25, -0.2) is 0 Å². The van der Waals surface area contributed by atoms with Crippen LogP contribution in [0.5, 0.6) is 0 Å². The highest BCUT2D eigenvalue weighted by molar-refractivity contribution is 7.80. The van der Waals surface area contributed by atoms with Crippen LogP contribution < -0.4 is 16.0 Å². The lowest BCUT2D eigenvalue weighted by Crippen LogP contribution is -2.24. The van der Waals surface area contributed by atoms with Gasteiger partial charge in [0.15, 0.2) is 5.11 Å². The normalized spacial score (nSPS) is 15.2. The number of benzene rings is 1. The van der Waals surface area contributed by atoms with E-state index in [4.69, 9.17) is 18.0 Å². The summed E-state index contributed by atoms with van der Waals surface area (Å²) < 4.78 is 0. The Morgan fingerprint density at radius 2 is 2.31 bits per heavy atom. The van der Waals surface area contributed by atoms with E-state index in [2.05, 4.69) is 5.32 Å². The Balaban J connectivity index is 2.21. The Bertz CT molecular complexity index is 433. The van der Waals surface area contributed by atoms with Gasteiger partial charge in [-0.1, -0.05) is 6.07 Å². The van der Waals surface area contributed by atoms with E-state index in [0.717, 1.165) is 24.3 Å². The third kappa shape index (κ3) is 2.30. The average Bonchev–Trinajstić information content (AvgIpc) is 2.64. The summed E-state index contributed by atoms with van der Waals surface area (Å²) in [5.41, 5.74) is 7.10. The Labute approximate surface area is 99.4 Å². The molecule has 3 N–H and O–H groups in total. The van der Waals surface area contributed by atoms with E-state index in [1.54, 1.807) is 4.90 Å². The highest BCUT2D eigenvalue weighted by Gasteiger charge is 2.21.